The van der Waals surface area contributed by atoms with Crippen molar-refractivity contribution in [2.75, 3.05) is 11.9 Å². The van der Waals surface area contributed by atoms with Gasteiger partial charge in [-0.05, 0) is 46.6 Å². The van der Waals surface area contributed by atoms with E-state index >= 15 is 0 Å². The highest BCUT2D eigenvalue weighted by Gasteiger charge is 1.99. The van der Waals surface area contributed by atoms with Gasteiger partial charge in [0.2, 0.25) is 0 Å². The number of hydrogen-bond acceptors (Lipinski definition) is 1. The lowest BCUT2D eigenvalue weighted by atomic mass is 10.3. The highest BCUT2D eigenvalue weighted by molar-refractivity contribution is 9.10. The third-order valence-corrected chi connectivity index (χ3v) is 2.66. The minimum absolute atomic E-state index is 0.264. The van der Waals surface area contributed by atoms with Crippen molar-refractivity contribution in [2.24, 2.45) is 0 Å². The van der Waals surface area contributed by atoms with Gasteiger partial charge < -0.3 is 5.32 Å². The van der Waals surface area contributed by atoms with Crippen LogP contribution in [0.5, 0.6) is 0 Å². The van der Waals surface area contributed by atoms with Crippen LogP contribution in [-0.2, 0) is 0 Å². The summed E-state index contributed by atoms with van der Waals surface area (Å²) in [5.41, 5.74) is 3.40. The van der Waals surface area contributed by atoms with Gasteiger partial charge in [0.1, 0.15) is 5.82 Å². The van der Waals surface area contributed by atoms with E-state index < -0.39 is 0 Å². The van der Waals surface area contributed by atoms with Gasteiger partial charge in [0.05, 0.1) is 4.47 Å². The zero-order valence-corrected chi connectivity index (χ0v) is 9.99. The molecule has 0 fully saturated rings. The van der Waals surface area contributed by atoms with Crippen LogP contribution < -0.4 is 5.32 Å². The predicted molar refractivity (Wildman–Crippen MR) is 62.2 cm³/mol. The van der Waals surface area contributed by atoms with Crippen molar-refractivity contribution in [3.8, 4) is 0 Å². The van der Waals surface area contributed by atoms with Crippen molar-refractivity contribution in [1.29, 1.82) is 0 Å². The molecule has 1 nitrogen and oxygen atoms in total. The Morgan fingerprint density at radius 2 is 2.36 bits per heavy atom. The van der Waals surface area contributed by atoms with Crippen LogP contribution in [0.15, 0.2) is 33.8 Å². The minimum atomic E-state index is -0.264. The van der Waals surface area contributed by atoms with Gasteiger partial charge in [-0.25, -0.2) is 4.39 Å². The normalized spacial score (nSPS) is 11.6. The number of anilines is 1. The fourth-order valence-electron chi connectivity index (χ4n) is 0.886. The van der Waals surface area contributed by atoms with Crippen molar-refractivity contribution in [1.82, 2.24) is 0 Å². The van der Waals surface area contributed by atoms with Crippen LogP contribution in [0, 0.1) is 5.82 Å². The molecule has 1 aromatic carbocycles. The number of halogens is 3. The lowest BCUT2D eigenvalue weighted by molar-refractivity contribution is 0.621. The van der Waals surface area contributed by atoms with Gasteiger partial charge in [-0.3, -0.25) is 0 Å². The second-order valence-electron chi connectivity index (χ2n) is 2.94. The third-order valence-electron chi connectivity index (χ3n) is 1.68. The van der Waals surface area contributed by atoms with E-state index in [-0.39, 0.29) is 5.82 Å². The maximum absolute atomic E-state index is 12.9. The van der Waals surface area contributed by atoms with E-state index in [9.17, 15) is 4.39 Å². The van der Waals surface area contributed by atoms with Crippen molar-refractivity contribution < 1.29 is 4.39 Å². The Morgan fingerprint density at radius 1 is 1.64 bits per heavy atom. The minimum Gasteiger partial charge on any atom is -0.381 e. The summed E-state index contributed by atoms with van der Waals surface area (Å²) in [6, 6.07) is 4.78. The van der Waals surface area contributed by atoms with E-state index in [1.54, 1.807) is 12.1 Å². The molecule has 0 amide bonds. The van der Waals surface area contributed by atoms with Gasteiger partial charge >= 0.3 is 0 Å². The molecule has 0 atom stereocenters. The fourth-order valence-corrected chi connectivity index (χ4v) is 1.34. The SMILES string of the molecule is C/C(=C/Cl)CNc1ccc(F)c(Br)c1. The Hall–Kier alpha value is -0.540. The molecule has 0 aliphatic heterocycles. The van der Waals surface area contributed by atoms with Crippen molar-refractivity contribution >= 4 is 33.2 Å². The van der Waals surface area contributed by atoms with E-state index in [0.29, 0.717) is 11.0 Å². The lowest BCUT2D eigenvalue weighted by Gasteiger charge is -2.06. The summed E-state index contributed by atoms with van der Waals surface area (Å²) < 4.78 is 13.3. The zero-order chi connectivity index (χ0) is 10.6. The van der Waals surface area contributed by atoms with Gasteiger partial charge in [0.25, 0.3) is 0 Å². The monoisotopic (exact) mass is 277 g/mol. The van der Waals surface area contributed by atoms with Crippen molar-refractivity contribution in [3.63, 3.8) is 0 Å². The van der Waals surface area contributed by atoms with E-state index in [1.807, 2.05) is 6.92 Å². The highest BCUT2D eigenvalue weighted by Crippen LogP contribution is 2.20. The Morgan fingerprint density at radius 3 is 2.93 bits per heavy atom. The zero-order valence-electron chi connectivity index (χ0n) is 7.65. The summed E-state index contributed by atoms with van der Waals surface area (Å²) in [4.78, 5) is 0. The predicted octanol–water partition coefficient (Wildman–Crippen LogP) is 4.14. The average molecular weight is 279 g/mol. The molecule has 0 radical (unpaired) electrons. The van der Waals surface area contributed by atoms with Crippen molar-refractivity contribution in [2.45, 2.75) is 6.92 Å². The number of benzene rings is 1. The molecule has 0 saturated heterocycles. The summed E-state index contributed by atoms with van der Waals surface area (Å²) in [5, 5.41) is 3.11. The third kappa shape index (κ3) is 3.31. The van der Waals surface area contributed by atoms with Gasteiger partial charge in [-0.15, -0.1) is 0 Å². The molecule has 76 valence electrons. The van der Waals surface area contributed by atoms with Crippen LogP contribution >= 0.6 is 27.5 Å². The lowest BCUT2D eigenvalue weighted by Crippen LogP contribution is -2.02. The summed E-state index contributed by atoms with van der Waals surface area (Å²) in [5.74, 6) is -0.264. The smallest absolute Gasteiger partial charge is 0.137 e. The van der Waals surface area contributed by atoms with Crippen LogP contribution in [-0.4, -0.2) is 6.54 Å². The molecule has 0 bridgehead atoms. The molecule has 0 aromatic heterocycles. The number of nitrogens with one attached hydrogen (secondary N) is 1. The Kier molecular flexibility index (Phi) is 4.42. The largest absolute Gasteiger partial charge is 0.381 e. The van der Waals surface area contributed by atoms with Crippen LogP contribution in [0.4, 0.5) is 10.1 Å². The molecular weight excluding hydrogens is 268 g/mol. The second-order valence-corrected chi connectivity index (χ2v) is 4.01. The molecule has 0 spiro atoms. The summed E-state index contributed by atoms with van der Waals surface area (Å²) >= 11 is 8.62. The van der Waals surface area contributed by atoms with Gasteiger partial charge in [-0.1, -0.05) is 11.6 Å². The molecular formula is C10H10BrClFN. The van der Waals surface area contributed by atoms with E-state index in [4.69, 9.17) is 11.6 Å². The Labute approximate surface area is 96.1 Å². The van der Waals surface area contributed by atoms with Crippen LogP contribution in [0.25, 0.3) is 0 Å². The first kappa shape index (κ1) is 11.5. The molecule has 4 heteroatoms. The maximum atomic E-state index is 12.9. The molecule has 0 aliphatic carbocycles. The van der Waals surface area contributed by atoms with E-state index in [0.717, 1.165) is 11.3 Å². The average Bonchev–Trinajstić information content (AvgIpc) is 2.19. The molecule has 14 heavy (non-hydrogen) atoms. The number of rotatable bonds is 3. The first-order valence-electron chi connectivity index (χ1n) is 4.08. The molecule has 1 rings (SSSR count). The quantitative estimate of drug-likeness (QED) is 0.876. The van der Waals surface area contributed by atoms with Gasteiger partial charge in [0, 0.05) is 17.8 Å². The van der Waals surface area contributed by atoms with Gasteiger partial charge in [0.15, 0.2) is 0 Å². The number of hydrogen-bond donors (Lipinski definition) is 1. The summed E-state index contributed by atoms with van der Waals surface area (Å²) in [6.07, 6.45) is 0. The van der Waals surface area contributed by atoms with Crippen LogP contribution in [0.2, 0.25) is 0 Å². The molecule has 0 heterocycles. The van der Waals surface area contributed by atoms with Gasteiger partial charge in [-0.2, -0.15) is 0 Å². The van der Waals surface area contributed by atoms with Crippen molar-refractivity contribution in [3.05, 3.63) is 39.6 Å². The fraction of sp³-hybridized carbons (Fsp3) is 0.200. The Bertz CT molecular complexity index is 352. The highest BCUT2D eigenvalue weighted by atomic mass is 79.9. The molecule has 1 aromatic rings. The maximum Gasteiger partial charge on any atom is 0.137 e. The molecule has 1 N–H and O–H groups in total. The summed E-state index contributed by atoms with van der Waals surface area (Å²) in [7, 11) is 0. The van der Waals surface area contributed by atoms with Crippen LogP contribution in [0.3, 0.4) is 0 Å². The topological polar surface area (TPSA) is 12.0 Å². The first-order valence-corrected chi connectivity index (χ1v) is 5.31. The van der Waals surface area contributed by atoms with E-state index in [1.165, 1.54) is 11.6 Å². The molecule has 0 unspecified atom stereocenters. The first-order chi connectivity index (χ1) is 6.63. The molecule has 0 aliphatic rings. The standard InChI is InChI=1S/C10H10BrClFN/c1-7(5-12)6-14-8-2-3-10(13)9(11)4-8/h2-5,14H,6H2,1H3/b7-5-. The second kappa shape index (κ2) is 5.37. The van der Waals surface area contributed by atoms with Crippen LogP contribution in [0.1, 0.15) is 6.92 Å². The molecule has 0 saturated carbocycles. The Balaban J connectivity index is 2.64. The summed E-state index contributed by atoms with van der Waals surface area (Å²) in [6.45, 7) is 2.57. The van der Waals surface area contributed by atoms with E-state index in [2.05, 4.69) is 21.2 Å².